The van der Waals surface area contributed by atoms with Crippen molar-refractivity contribution in [2.24, 2.45) is 5.92 Å². The van der Waals surface area contributed by atoms with Crippen molar-refractivity contribution in [3.63, 3.8) is 0 Å². The predicted molar refractivity (Wildman–Crippen MR) is 73.3 cm³/mol. The van der Waals surface area contributed by atoms with E-state index in [0.717, 1.165) is 5.92 Å². The van der Waals surface area contributed by atoms with Crippen LogP contribution in [0.15, 0.2) is 24.3 Å². The summed E-state index contributed by atoms with van der Waals surface area (Å²) in [5.74, 6) is 0.823. The van der Waals surface area contributed by atoms with Gasteiger partial charge in [-0.25, -0.2) is 0 Å². The van der Waals surface area contributed by atoms with E-state index in [4.69, 9.17) is 0 Å². The van der Waals surface area contributed by atoms with Gasteiger partial charge in [0, 0.05) is 0 Å². The second-order valence-corrected chi connectivity index (χ2v) is 5.14. The van der Waals surface area contributed by atoms with Gasteiger partial charge in [0.05, 0.1) is 0 Å². The maximum atomic E-state index is 2.34. The van der Waals surface area contributed by atoms with Crippen LogP contribution < -0.4 is 4.90 Å². The molecule has 1 nitrogen and oxygen atoms in total. The zero-order valence-electron chi connectivity index (χ0n) is 11.3. The number of hydrogen-bond donors (Lipinski definition) is 0. The molecule has 0 aliphatic heterocycles. The molecule has 0 heterocycles. The minimum atomic E-state index is 0.672. The van der Waals surface area contributed by atoms with Crippen LogP contribution in [0.25, 0.3) is 0 Å². The van der Waals surface area contributed by atoms with Crippen molar-refractivity contribution < 1.29 is 0 Å². The topological polar surface area (TPSA) is 3.24 Å². The van der Waals surface area contributed by atoms with Crippen molar-refractivity contribution in [1.29, 1.82) is 0 Å². The quantitative estimate of drug-likeness (QED) is 0.675. The van der Waals surface area contributed by atoms with E-state index in [9.17, 15) is 0 Å². The summed E-state index contributed by atoms with van der Waals surface area (Å²) in [5, 5.41) is 0. The van der Waals surface area contributed by atoms with Crippen LogP contribution in [0, 0.1) is 5.92 Å². The zero-order chi connectivity index (χ0) is 12.1. The first-order valence-electron chi connectivity index (χ1n) is 6.31. The Morgan fingerprint density at radius 1 is 1.19 bits per heavy atom. The Morgan fingerprint density at radius 2 is 1.75 bits per heavy atom. The molecule has 1 aromatic rings. The third-order valence-electron chi connectivity index (χ3n) is 3.43. The van der Waals surface area contributed by atoms with Crippen LogP contribution in [-0.2, 0) is 0 Å². The van der Waals surface area contributed by atoms with E-state index in [-0.39, 0.29) is 0 Å². The molecule has 2 unspecified atom stereocenters. The van der Waals surface area contributed by atoms with Gasteiger partial charge in [0.15, 0.2) is 0 Å². The van der Waals surface area contributed by atoms with E-state index >= 15 is 0 Å². The van der Waals surface area contributed by atoms with Crippen LogP contribution in [0.2, 0.25) is 0 Å². The summed E-state index contributed by atoms with van der Waals surface area (Å²) < 4.78 is 0.672. The molecule has 0 aliphatic rings. The van der Waals surface area contributed by atoms with Gasteiger partial charge in [-0.15, -0.1) is 0 Å². The van der Waals surface area contributed by atoms with E-state index in [2.05, 4.69) is 74.8 Å². The molecule has 1 aromatic carbocycles. The standard InChI is InChI=1S/C14H22N.Li/c1-5-12(2)6-7-13-8-10-14(11-9-13)15(3)4;/h7-12H,5-6H2,1-4H3;. The van der Waals surface area contributed by atoms with Crippen LogP contribution in [0.4, 0.5) is 5.69 Å². The van der Waals surface area contributed by atoms with Gasteiger partial charge >= 0.3 is 109 Å². The first-order valence-corrected chi connectivity index (χ1v) is 6.31. The summed E-state index contributed by atoms with van der Waals surface area (Å²) in [6, 6.07) is 8.95. The van der Waals surface area contributed by atoms with Crippen molar-refractivity contribution in [2.75, 3.05) is 19.0 Å². The van der Waals surface area contributed by atoms with Crippen LogP contribution >= 0.6 is 0 Å². The fourth-order valence-corrected chi connectivity index (χ4v) is 2.01. The molecule has 0 aliphatic carbocycles. The second kappa shape index (κ2) is 6.38. The molecule has 84 valence electrons. The maximum absolute atomic E-state index is 2.34. The Bertz CT molecular complexity index is 305. The Labute approximate surface area is 109 Å². The van der Waals surface area contributed by atoms with E-state index < -0.39 is 0 Å². The van der Waals surface area contributed by atoms with E-state index in [1.165, 1.54) is 24.1 Å². The summed E-state index contributed by atoms with van der Waals surface area (Å²) in [4.78, 5) is 2.14. The molecule has 0 amide bonds. The average molecular weight is 211 g/mol. The van der Waals surface area contributed by atoms with E-state index in [0.29, 0.717) is 4.59 Å². The fraction of sp³-hybridized carbons (Fsp3) is 0.571. The SMILES string of the molecule is [Li][CH](CC(C)CC)c1ccc(N(C)C)cc1. The average Bonchev–Trinajstić information content (AvgIpc) is 2.28. The number of rotatable bonds is 5. The number of anilines is 1. The molecule has 2 heteroatoms. The van der Waals surface area contributed by atoms with E-state index in [1.807, 2.05) is 0 Å². The normalized spacial score (nSPS) is 14.6. The van der Waals surface area contributed by atoms with Crippen LogP contribution in [-0.4, -0.2) is 31.8 Å². The van der Waals surface area contributed by atoms with Gasteiger partial charge in [0.1, 0.15) is 0 Å². The first kappa shape index (κ1) is 13.7. The van der Waals surface area contributed by atoms with Gasteiger partial charge in [-0.3, -0.25) is 0 Å². The van der Waals surface area contributed by atoms with Gasteiger partial charge in [-0.2, -0.15) is 0 Å². The molecular weight excluding hydrogens is 189 g/mol. The number of benzene rings is 1. The molecule has 0 saturated heterocycles. The van der Waals surface area contributed by atoms with Crippen molar-refractivity contribution in [2.45, 2.75) is 31.3 Å². The van der Waals surface area contributed by atoms with Gasteiger partial charge in [0.25, 0.3) is 0 Å². The molecule has 0 spiro atoms. The van der Waals surface area contributed by atoms with Crippen molar-refractivity contribution in [3.8, 4) is 0 Å². The van der Waals surface area contributed by atoms with Crippen LogP contribution in [0.1, 0.15) is 36.8 Å². The number of nitrogens with zero attached hydrogens (tertiary/aromatic N) is 1. The molecule has 0 bridgehead atoms. The van der Waals surface area contributed by atoms with Crippen molar-refractivity contribution in [1.82, 2.24) is 0 Å². The molecule has 0 aromatic heterocycles. The molecular formula is C14H22LiN. The summed E-state index contributed by atoms with van der Waals surface area (Å²) in [5.41, 5.74) is 2.74. The second-order valence-electron chi connectivity index (χ2n) is 5.14. The summed E-state index contributed by atoms with van der Waals surface area (Å²) in [6.45, 7) is 4.61. The Morgan fingerprint density at radius 3 is 2.19 bits per heavy atom. The summed E-state index contributed by atoms with van der Waals surface area (Å²) >= 11 is 2.33. The Kier molecular flexibility index (Phi) is 5.45. The van der Waals surface area contributed by atoms with Gasteiger partial charge in [-0.1, -0.05) is 0 Å². The molecule has 16 heavy (non-hydrogen) atoms. The van der Waals surface area contributed by atoms with Crippen molar-refractivity contribution >= 4 is 23.4 Å². The van der Waals surface area contributed by atoms with Gasteiger partial charge in [-0.05, 0) is 0 Å². The number of hydrogen-bond acceptors (Lipinski definition) is 1. The zero-order valence-corrected chi connectivity index (χ0v) is 11.3. The molecule has 0 fully saturated rings. The fourth-order valence-electron chi connectivity index (χ4n) is 2.01. The van der Waals surface area contributed by atoms with Crippen LogP contribution in [0.5, 0.6) is 0 Å². The molecule has 0 radical (unpaired) electrons. The molecule has 0 saturated carbocycles. The molecule has 2 atom stereocenters. The Balaban J connectivity index is 2.66. The summed E-state index contributed by atoms with van der Waals surface area (Å²) in [6.07, 6.45) is 2.57. The Hall–Kier alpha value is -0.383. The molecule has 1 rings (SSSR count). The van der Waals surface area contributed by atoms with E-state index in [1.54, 1.807) is 0 Å². The predicted octanol–water partition coefficient (Wildman–Crippen LogP) is 3.40. The first-order chi connectivity index (χ1) is 7.54. The van der Waals surface area contributed by atoms with Gasteiger partial charge < -0.3 is 0 Å². The molecule has 0 N–H and O–H groups in total. The minimum absolute atomic E-state index is 0.672. The third kappa shape index (κ3) is 3.89. The monoisotopic (exact) mass is 211 g/mol. The van der Waals surface area contributed by atoms with Crippen LogP contribution in [0.3, 0.4) is 0 Å². The summed E-state index contributed by atoms with van der Waals surface area (Å²) in [7, 11) is 4.16. The third-order valence-corrected chi connectivity index (χ3v) is 3.43. The van der Waals surface area contributed by atoms with Crippen molar-refractivity contribution in [3.05, 3.63) is 29.8 Å². The van der Waals surface area contributed by atoms with Gasteiger partial charge in [0.2, 0.25) is 0 Å².